The van der Waals surface area contributed by atoms with Gasteiger partial charge in [0, 0.05) is 10.5 Å². The van der Waals surface area contributed by atoms with Crippen molar-refractivity contribution < 1.29 is 19.7 Å². The van der Waals surface area contributed by atoms with Gasteiger partial charge in [0.25, 0.3) is 0 Å². The molecule has 0 radical (unpaired) electrons. The number of benzene rings is 2. The van der Waals surface area contributed by atoms with Crippen LogP contribution in [0.15, 0.2) is 65.2 Å². The van der Waals surface area contributed by atoms with E-state index < -0.39 is 12.1 Å². The number of ether oxygens (including phenoxy) is 1. The van der Waals surface area contributed by atoms with E-state index in [0.29, 0.717) is 17.9 Å². The number of hydrogen-bond acceptors (Lipinski definition) is 3. The first kappa shape index (κ1) is 16.3. The fourth-order valence-corrected chi connectivity index (χ4v) is 2.06. The third kappa shape index (κ3) is 5.02. The van der Waals surface area contributed by atoms with Gasteiger partial charge < -0.3 is 14.9 Å². The summed E-state index contributed by atoms with van der Waals surface area (Å²) in [5.74, 6) is -0.408. The highest BCUT2D eigenvalue weighted by Gasteiger charge is 2.04. The number of aliphatic hydroxyl groups excluding tert-OH is 1. The molecule has 2 rings (SSSR count). The molecule has 0 aliphatic carbocycles. The van der Waals surface area contributed by atoms with Gasteiger partial charge in [-0.15, -0.1) is 0 Å². The minimum Gasteiger partial charge on any atom is -0.489 e. The molecule has 0 aromatic heterocycles. The van der Waals surface area contributed by atoms with Crippen LogP contribution < -0.4 is 4.74 Å². The van der Waals surface area contributed by atoms with Gasteiger partial charge in [-0.05, 0) is 41.5 Å². The van der Waals surface area contributed by atoms with Crippen LogP contribution in [-0.4, -0.2) is 16.2 Å². The molecule has 1 unspecified atom stereocenters. The van der Waals surface area contributed by atoms with E-state index in [0.717, 1.165) is 16.1 Å². The minimum absolute atomic E-state index is 0.452. The van der Waals surface area contributed by atoms with Crippen molar-refractivity contribution in [1.29, 1.82) is 0 Å². The Morgan fingerprint density at radius 2 is 1.77 bits per heavy atom. The minimum atomic E-state index is -1.09. The molecule has 114 valence electrons. The van der Waals surface area contributed by atoms with Crippen LogP contribution in [0.4, 0.5) is 0 Å². The van der Waals surface area contributed by atoms with Gasteiger partial charge in [-0.25, -0.2) is 4.79 Å². The lowest BCUT2D eigenvalue weighted by molar-refractivity contribution is -0.131. The average molecular weight is 363 g/mol. The highest BCUT2D eigenvalue weighted by Crippen LogP contribution is 2.20. The number of rotatable bonds is 6. The largest absolute Gasteiger partial charge is 0.489 e. The van der Waals surface area contributed by atoms with Crippen molar-refractivity contribution in [2.75, 3.05) is 0 Å². The van der Waals surface area contributed by atoms with Gasteiger partial charge in [-0.2, -0.15) is 0 Å². The fraction of sp³-hybridized carbons (Fsp3) is 0.118. The van der Waals surface area contributed by atoms with Gasteiger partial charge in [-0.3, -0.25) is 0 Å². The summed E-state index contributed by atoms with van der Waals surface area (Å²) in [7, 11) is 0. The Balaban J connectivity index is 1.94. The monoisotopic (exact) mass is 362 g/mol. The first-order chi connectivity index (χ1) is 10.5. The van der Waals surface area contributed by atoms with Crippen molar-refractivity contribution in [1.82, 2.24) is 0 Å². The molecular weight excluding hydrogens is 348 g/mol. The SMILES string of the molecule is O=C(O)/C=C/C(O)c1ccc(OCc2ccc(Br)cc2)cc1. The first-order valence-corrected chi connectivity index (χ1v) is 7.40. The Labute approximate surface area is 136 Å². The number of carboxylic acids is 1. The Morgan fingerprint density at radius 1 is 1.14 bits per heavy atom. The van der Waals surface area contributed by atoms with Crippen LogP contribution in [-0.2, 0) is 11.4 Å². The van der Waals surface area contributed by atoms with Crippen LogP contribution in [0, 0.1) is 0 Å². The molecule has 0 aliphatic rings. The van der Waals surface area contributed by atoms with Crippen molar-refractivity contribution in [2.24, 2.45) is 0 Å². The number of carboxylic acid groups (broad SMARTS) is 1. The maximum Gasteiger partial charge on any atom is 0.328 e. The van der Waals surface area contributed by atoms with Gasteiger partial charge >= 0.3 is 5.97 Å². The van der Waals surface area contributed by atoms with E-state index in [4.69, 9.17) is 9.84 Å². The number of aliphatic hydroxyl groups is 1. The highest BCUT2D eigenvalue weighted by molar-refractivity contribution is 9.10. The van der Waals surface area contributed by atoms with Crippen LogP contribution in [0.3, 0.4) is 0 Å². The topological polar surface area (TPSA) is 66.8 Å². The molecular formula is C17H15BrO4. The molecule has 2 aromatic carbocycles. The Hall–Kier alpha value is -2.11. The molecule has 0 fully saturated rings. The molecule has 0 aliphatic heterocycles. The Morgan fingerprint density at radius 3 is 2.36 bits per heavy atom. The number of aliphatic carboxylic acids is 1. The summed E-state index contributed by atoms with van der Waals surface area (Å²) in [6, 6.07) is 14.7. The molecule has 5 heteroatoms. The third-order valence-corrected chi connectivity index (χ3v) is 3.49. The van der Waals surface area contributed by atoms with Gasteiger partial charge in [0.15, 0.2) is 0 Å². The van der Waals surface area contributed by atoms with Crippen LogP contribution >= 0.6 is 15.9 Å². The molecule has 0 saturated carbocycles. The summed E-state index contributed by atoms with van der Waals surface area (Å²) in [6.07, 6.45) is 1.19. The van der Waals surface area contributed by atoms with Crippen molar-refractivity contribution >= 4 is 21.9 Å². The van der Waals surface area contributed by atoms with Gasteiger partial charge in [0.05, 0.1) is 6.10 Å². The Kier molecular flexibility index (Phi) is 5.75. The van der Waals surface area contributed by atoms with Gasteiger partial charge in [-0.1, -0.05) is 40.2 Å². The summed E-state index contributed by atoms with van der Waals surface area (Å²) in [5, 5.41) is 18.3. The number of halogens is 1. The number of hydrogen-bond donors (Lipinski definition) is 2. The lowest BCUT2D eigenvalue weighted by atomic mass is 10.1. The molecule has 22 heavy (non-hydrogen) atoms. The molecule has 0 bridgehead atoms. The second kappa shape index (κ2) is 7.77. The van der Waals surface area contributed by atoms with E-state index in [2.05, 4.69) is 15.9 Å². The lowest BCUT2D eigenvalue weighted by Crippen LogP contribution is -1.97. The van der Waals surface area contributed by atoms with Crippen molar-refractivity contribution in [3.05, 3.63) is 76.3 Å². The summed E-state index contributed by atoms with van der Waals surface area (Å²) >= 11 is 3.38. The van der Waals surface area contributed by atoms with E-state index in [1.54, 1.807) is 24.3 Å². The lowest BCUT2D eigenvalue weighted by Gasteiger charge is -2.09. The van der Waals surface area contributed by atoms with Crippen LogP contribution in [0.1, 0.15) is 17.2 Å². The second-order valence-electron chi connectivity index (χ2n) is 4.63. The van der Waals surface area contributed by atoms with Crippen LogP contribution in [0.5, 0.6) is 5.75 Å². The third-order valence-electron chi connectivity index (χ3n) is 2.96. The van der Waals surface area contributed by atoms with E-state index in [1.807, 2.05) is 24.3 Å². The fourth-order valence-electron chi connectivity index (χ4n) is 1.79. The van der Waals surface area contributed by atoms with E-state index >= 15 is 0 Å². The van der Waals surface area contributed by atoms with Crippen molar-refractivity contribution in [3.63, 3.8) is 0 Å². The maximum atomic E-state index is 10.4. The van der Waals surface area contributed by atoms with E-state index in [1.165, 1.54) is 6.08 Å². The maximum absolute atomic E-state index is 10.4. The zero-order valence-corrected chi connectivity index (χ0v) is 13.2. The molecule has 2 N–H and O–H groups in total. The highest BCUT2D eigenvalue weighted by atomic mass is 79.9. The number of carbonyl (C=O) groups is 1. The Bertz CT molecular complexity index is 647. The van der Waals surface area contributed by atoms with E-state index in [-0.39, 0.29) is 0 Å². The predicted octanol–water partition coefficient (Wildman–Crippen LogP) is 3.70. The van der Waals surface area contributed by atoms with Crippen molar-refractivity contribution in [2.45, 2.75) is 12.7 Å². The quantitative estimate of drug-likeness (QED) is 0.768. The van der Waals surface area contributed by atoms with Crippen LogP contribution in [0.25, 0.3) is 0 Å². The summed E-state index contributed by atoms with van der Waals surface area (Å²) in [6.45, 7) is 0.452. The summed E-state index contributed by atoms with van der Waals surface area (Å²) in [5.41, 5.74) is 1.66. The zero-order chi connectivity index (χ0) is 15.9. The average Bonchev–Trinajstić information content (AvgIpc) is 2.52. The summed E-state index contributed by atoms with van der Waals surface area (Å²) in [4.78, 5) is 10.4. The molecule has 2 aromatic rings. The van der Waals surface area contributed by atoms with Gasteiger partial charge in [0.2, 0.25) is 0 Å². The smallest absolute Gasteiger partial charge is 0.328 e. The van der Waals surface area contributed by atoms with Crippen LogP contribution in [0.2, 0.25) is 0 Å². The zero-order valence-electron chi connectivity index (χ0n) is 11.6. The molecule has 0 heterocycles. The van der Waals surface area contributed by atoms with E-state index in [9.17, 15) is 9.90 Å². The molecule has 0 saturated heterocycles. The van der Waals surface area contributed by atoms with Gasteiger partial charge in [0.1, 0.15) is 12.4 Å². The first-order valence-electron chi connectivity index (χ1n) is 6.61. The molecule has 4 nitrogen and oxygen atoms in total. The molecule has 0 amide bonds. The second-order valence-corrected chi connectivity index (χ2v) is 5.54. The predicted molar refractivity (Wildman–Crippen MR) is 86.7 cm³/mol. The molecule has 0 spiro atoms. The summed E-state index contributed by atoms with van der Waals surface area (Å²) < 4.78 is 6.67. The van der Waals surface area contributed by atoms with Crippen molar-refractivity contribution in [3.8, 4) is 5.75 Å². The molecule has 1 atom stereocenters. The standard InChI is InChI=1S/C17H15BrO4/c18-14-5-1-12(2-6-14)11-22-15-7-3-13(4-8-15)16(19)9-10-17(20)21/h1-10,16,19H,11H2,(H,20,21)/b10-9+. The normalized spacial score (nSPS) is 12.3.